The minimum absolute atomic E-state index is 0.183. The van der Waals surface area contributed by atoms with Crippen molar-refractivity contribution in [3.63, 3.8) is 0 Å². The fourth-order valence-electron chi connectivity index (χ4n) is 2.20. The molecule has 1 N–H and O–H groups in total. The lowest BCUT2D eigenvalue weighted by atomic mass is 10.0. The summed E-state index contributed by atoms with van der Waals surface area (Å²) >= 11 is 1.28. The van der Waals surface area contributed by atoms with Gasteiger partial charge in [0.1, 0.15) is 0 Å². The molecule has 1 heterocycles. The van der Waals surface area contributed by atoms with Crippen LogP contribution in [0.2, 0.25) is 0 Å². The quantitative estimate of drug-likeness (QED) is 0.674. The first-order chi connectivity index (χ1) is 11.8. The lowest BCUT2D eigenvalue weighted by Gasteiger charge is -2.08. The maximum atomic E-state index is 12.6. The molecule has 8 heteroatoms. The number of nitrogens with one attached hydrogen (secondary N) is 1. The molecule has 25 heavy (non-hydrogen) atoms. The second kappa shape index (κ2) is 6.72. The van der Waals surface area contributed by atoms with Crippen LogP contribution in [0.1, 0.15) is 23.0 Å². The zero-order valence-corrected chi connectivity index (χ0v) is 13.8. The van der Waals surface area contributed by atoms with Crippen molar-refractivity contribution in [3.05, 3.63) is 59.8 Å². The van der Waals surface area contributed by atoms with Crippen molar-refractivity contribution in [2.75, 3.05) is 0 Å². The molecule has 0 unspecified atom stereocenters. The first kappa shape index (κ1) is 17.2. The van der Waals surface area contributed by atoms with Gasteiger partial charge in [0.05, 0.1) is 5.56 Å². The molecule has 0 atom stereocenters. The van der Waals surface area contributed by atoms with Crippen LogP contribution in [0.5, 0.6) is 0 Å². The van der Waals surface area contributed by atoms with E-state index in [1.807, 2.05) is 12.1 Å². The number of carbonyl (C=O) groups is 1. The van der Waals surface area contributed by atoms with Crippen LogP contribution in [0.15, 0.2) is 58.5 Å². The molecule has 0 bridgehead atoms. The highest BCUT2D eigenvalue weighted by molar-refractivity contribution is 7.99. The normalized spacial score (nSPS) is 11.5. The Morgan fingerprint density at radius 1 is 0.960 bits per heavy atom. The monoisotopic (exact) mass is 363 g/mol. The number of Topliss-reactive ketones (excluding diaryl/α,β-unsaturated/α-hetero) is 1. The summed E-state index contributed by atoms with van der Waals surface area (Å²) in [6, 6.07) is 12.2. The van der Waals surface area contributed by atoms with Crippen LogP contribution in [-0.2, 0) is 6.18 Å². The number of aromatic amines is 1. The van der Waals surface area contributed by atoms with Gasteiger partial charge in [-0.05, 0) is 35.4 Å². The SMILES string of the molecule is CC(=O)c1n[nH]nc1Sc1ccc(-c2ccc(C(F)(F)F)cc2)cc1. The highest BCUT2D eigenvalue weighted by Crippen LogP contribution is 2.32. The average Bonchev–Trinajstić information content (AvgIpc) is 3.03. The number of hydrogen-bond donors (Lipinski definition) is 1. The van der Waals surface area contributed by atoms with Crippen molar-refractivity contribution in [3.8, 4) is 11.1 Å². The van der Waals surface area contributed by atoms with Gasteiger partial charge in [0.2, 0.25) is 0 Å². The predicted octanol–water partition coefficient (Wildman–Crippen LogP) is 4.84. The van der Waals surface area contributed by atoms with Gasteiger partial charge in [-0.15, -0.1) is 5.10 Å². The summed E-state index contributed by atoms with van der Waals surface area (Å²) in [6.07, 6.45) is -4.34. The van der Waals surface area contributed by atoms with Gasteiger partial charge in [-0.2, -0.15) is 23.5 Å². The number of ketones is 1. The largest absolute Gasteiger partial charge is 0.416 e. The average molecular weight is 363 g/mol. The van der Waals surface area contributed by atoms with Gasteiger partial charge < -0.3 is 0 Å². The van der Waals surface area contributed by atoms with E-state index in [0.717, 1.165) is 22.6 Å². The first-order valence-corrected chi connectivity index (χ1v) is 8.03. The molecule has 0 aliphatic rings. The molecule has 3 aromatic rings. The smallest absolute Gasteiger partial charge is 0.293 e. The van der Waals surface area contributed by atoms with Crippen LogP contribution in [0.25, 0.3) is 11.1 Å². The maximum Gasteiger partial charge on any atom is 0.416 e. The van der Waals surface area contributed by atoms with Crippen LogP contribution in [0.4, 0.5) is 13.2 Å². The summed E-state index contributed by atoms with van der Waals surface area (Å²) in [4.78, 5) is 12.3. The summed E-state index contributed by atoms with van der Waals surface area (Å²) in [5, 5.41) is 10.7. The van der Waals surface area contributed by atoms with Gasteiger partial charge in [0.25, 0.3) is 0 Å². The third-order valence-electron chi connectivity index (χ3n) is 3.46. The summed E-state index contributed by atoms with van der Waals surface area (Å²) in [7, 11) is 0. The predicted molar refractivity (Wildman–Crippen MR) is 87.4 cm³/mol. The molecule has 0 saturated heterocycles. The molecular weight excluding hydrogens is 351 g/mol. The van der Waals surface area contributed by atoms with Crippen LogP contribution in [-0.4, -0.2) is 21.2 Å². The molecule has 0 radical (unpaired) electrons. The Kier molecular flexibility index (Phi) is 4.63. The third kappa shape index (κ3) is 3.90. The van der Waals surface area contributed by atoms with E-state index in [-0.39, 0.29) is 11.5 Å². The number of alkyl halides is 3. The maximum absolute atomic E-state index is 12.6. The van der Waals surface area contributed by atoms with Gasteiger partial charge >= 0.3 is 6.18 Å². The minimum atomic E-state index is -4.34. The number of rotatable bonds is 4. The molecule has 0 fully saturated rings. The van der Waals surface area contributed by atoms with E-state index in [1.165, 1.54) is 30.8 Å². The summed E-state index contributed by atoms with van der Waals surface area (Å²) < 4.78 is 37.8. The lowest BCUT2D eigenvalue weighted by molar-refractivity contribution is -0.137. The highest BCUT2D eigenvalue weighted by atomic mass is 32.2. The number of H-pyrrole nitrogens is 1. The van der Waals surface area contributed by atoms with E-state index in [0.29, 0.717) is 10.6 Å². The van der Waals surface area contributed by atoms with E-state index >= 15 is 0 Å². The Labute approximate surface area is 145 Å². The van der Waals surface area contributed by atoms with Crippen molar-refractivity contribution >= 4 is 17.5 Å². The molecule has 1 aromatic heterocycles. The minimum Gasteiger partial charge on any atom is -0.293 e. The molecule has 4 nitrogen and oxygen atoms in total. The van der Waals surface area contributed by atoms with Crippen LogP contribution >= 0.6 is 11.8 Å². The van der Waals surface area contributed by atoms with E-state index < -0.39 is 11.7 Å². The molecule has 0 saturated carbocycles. The Hall–Kier alpha value is -2.61. The van der Waals surface area contributed by atoms with Gasteiger partial charge in [0.15, 0.2) is 16.5 Å². The number of carbonyl (C=O) groups excluding carboxylic acids is 1. The Morgan fingerprint density at radius 2 is 1.52 bits per heavy atom. The van der Waals surface area contributed by atoms with Crippen molar-refractivity contribution in [2.24, 2.45) is 0 Å². The van der Waals surface area contributed by atoms with Gasteiger partial charge in [-0.1, -0.05) is 36.0 Å². The fourth-order valence-corrected chi connectivity index (χ4v) is 3.07. The van der Waals surface area contributed by atoms with Crippen molar-refractivity contribution in [1.82, 2.24) is 15.4 Å². The molecule has 3 rings (SSSR count). The van der Waals surface area contributed by atoms with Gasteiger partial charge in [-0.25, -0.2) is 0 Å². The number of aromatic nitrogens is 3. The van der Waals surface area contributed by atoms with E-state index in [4.69, 9.17) is 0 Å². The number of benzene rings is 2. The number of nitrogens with zero attached hydrogens (tertiary/aromatic N) is 2. The second-order valence-electron chi connectivity index (χ2n) is 5.24. The van der Waals surface area contributed by atoms with Crippen molar-refractivity contribution < 1.29 is 18.0 Å². The Balaban J connectivity index is 1.78. The molecule has 2 aromatic carbocycles. The zero-order chi connectivity index (χ0) is 18.0. The Bertz CT molecular complexity index is 887. The standard InChI is InChI=1S/C17H12F3N3OS/c1-10(24)15-16(22-23-21-15)25-14-8-4-12(5-9-14)11-2-6-13(7-3-11)17(18,19)20/h2-9H,1H3,(H,21,22,23). The van der Waals surface area contributed by atoms with E-state index in [1.54, 1.807) is 12.1 Å². The van der Waals surface area contributed by atoms with Crippen molar-refractivity contribution in [2.45, 2.75) is 23.0 Å². The number of hydrogen-bond acceptors (Lipinski definition) is 4. The topological polar surface area (TPSA) is 58.6 Å². The summed E-state index contributed by atoms with van der Waals surface area (Å²) in [5.41, 5.74) is 1.09. The summed E-state index contributed by atoms with van der Waals surface area (Å²) in [6.45, 7) is 1.41. The van der Waals surface area contributed by atoms with Gasteiger partial charge in [0, 0.05) is 11.8 Å². The highest BCUT2D eigenvalue weighted by Gasteiger charge is 2.29. The first-order valence-electron chi connectivity index (χ1n) is 7.22. The lowest BCUT2D eigenvalue weighted by Crippen LogP contribution is -2.03. The molecule has 128 valence electrons. The molecule has 0 aliphatic carbocycles. The molecular formula is C17H12F3N3OS. The zero-order valence-electron chi connectivity index (χ0n) is 13.0. The van der Waals surface area contributed by atoms with E-state index in [9.17, 15) is 18.0 Å². The Morgan fingerprint density at radius 3 is 2.04 bits per heavy atom. The van der Waals surface area contributed by atoms with E-state index in [2.05, 4.69) is 15.4 Å². The third-order valence-corrected chi connectivity index (χ3v) is 4.45. The van der Waals surface area contributed by atoms with Crippen molar-refractivity contribution in [1.29, 1.82) is 0 Å². The molecule has 0 spiro atoms. The van der Waals surface area contributed by atoms with Crippen LogP contribution in [0.3, 0.4) is 0 Å². The molecule has 0 amide bonds. The fraction of sp³-hybridized carbons (Fsp3) is 0.118. The van der Waals surface area contributed by atoms with Crippen LogP contribution in [0, 0.1) is 0 Å². The summed E-state index contributed by atoms with van der Waals surface area (Å²) in [5.74, 6) is -0.183. The second-order valence-corrected chi connectivity index (χ2v) is 6.30. The van der Waals surface area contributed by atoms with Crippen LogP contribution < -0.4 is 0 Å². The molecule has 0 aliphatic heterocycles. The number of halogens is 3. The van der Waals surface area contributed by atoms with Gasteiger partial charge in [-0.3, -0.25) is 4.79 Å².